The minimum atomic E-state index is 0.299. The molecule has 0 unspecified atom stereocenters. The summed E-state index contributed by atoms with van der Waals surface area (Å²) < 4.78 is 0. The summed E-state index contributed by atoms with van der Waals surface area (Å²) in [5, 5.41) is 3.46. The number of rotatable bonds is 1. The Morgan fingerprint density at radius 3 is 2.67 bits per heavy atom. The molecule has 5 N–H and O–H groups in total. The van der Waals surface area contributed by atoms with Gasteiger partial charge in [0.25, 0.3) is 0 Å². The number of nitrogens with two attached hydrogens (primary N) is 2. The number of para-hydroxylation sites is 2. The van der Waals surface area contributed by atoms with E-state index in [2.05, 4.69) is 20.5 Å². The van der Waals surface area contributed by atoms with E-state index in [1.54, 1.807) is 6.20 Å². The molecule has 0 spiro atoms. The van der Waals surface area contributed by atoms with E-state index in [4.69, 9.17) is 11.7 Å². The summed E-state index contributed by atoms with van der Waals surface area (Å²) in [5.41, 5.74) is 4.45. The van der Waals surface area contributed by atoms with E-state index in [-0.39, 0.29) is 0 Å². The molecular formula is C9H10N6. The summed E-state index contributed by atoms with van der Waals surface area (Å²) in [6.45, 7) is 0. The summed E-state index contributed by atoms with van der Waals surface area (Å²) in [6, 6.07) is 7.52. The highest BCUT2D eigenvalue weighted by Crippen LogP contribution is 2.08. The topological polar surface area (TPSA) is 102 Å². The Morgan fingerprint density at radius 2 is 2.00 bits per heavy atom. The number of hydrazone groups is 1. The molecule has 0 radical (unpaired) electrons. The predicted octanol–water partition coefficient (Wildman–Crippen LogP) is -0.287. The van der Waals surface area contributed by atoms with Crippen molar-refractivity contribution in [3.63, 3.8) is 0 Å². The van der Waals surface area contributed by atoms with Gasteiger partial charge in [-0.3, -0.25) is 4.98 Å². The molecule has 2 rings (SSSR count). The lowest BCUT2D eigenvalue weighted by atomic mass is 10.3. The highest BCUT2D eigenvalue weighted by Gasteiger charge is 2.04. The monoisotopic (exact) mass is 202 g/mol. The number of hydrogen-bond acceptors (Lipinski definition) is 5. The minimum Gasteiger partial charge on any atom is -0.321 e. The van der Waals surface area contributed by atoms with E-state index < -0.39 is 0 Å². The van der Waals surface area contributed by atoms with Crippen LogP contribution >= 0.6 is 0 Å². The molecule has 0 aliphatic rings. The van der Waals surface area contributed by atoms with E-state index in [1.807, 2.05) is 24.3 Å². The van der Waals surface area contributed by atoms with Gasteiger partial charge in [-0.25, -0.2) is 10.8 Å². The van der Waals surface area contributed by atoms with E-state index in [0.717, 1.165) is 11.0 Å². The Labute approximate surface area is 86.0 Å². The van der Waals surface area contributed by atoms with Crippen molar-refractivity contribution >= 4 is 16.9 Å². The SMILES string of the molecule is NN=C(NN)c1cnc2ccccc2n1. The summed E-state index contributed by atoms with van der Waals surface area (Å²) >= 11 is 0. The lowest BCUT2D eigenvalue weighted by Crippen LogP contribution is -2.32. The van der Waals surface area contributed by atoms with Gasteiger partial charge in [0.2, 0.25) is 0 Å². The predicted molar refractivity (Wildman–Crippen MR) is 57.6 cm³/mol. The minimum absolute atomic E-state index is 0.299. The van der Waals surface area contributed by atoms with Crippen molar-refractivity contribution in [2.24, 2.45) is 16.8 Å². The third-order valence-electron chi connectivity index (χ3n) is 1.96. The number of aromatic nitrogens is 2. The molecule has 15 heavy (non-hydrogen) atoms. The summed E-state index contributed by atoms with van der Waals surface area (Å²) in [5.74, 6) is 10.7. The van der Waals surface area contributed by atoms with Crippen LogP contribution in [0.25, 0.3) is 11.0 Å². The molecule has 0 aliphatic heterocycles. The fourth-order valence-electron chi connectivity index (χ4n) is 1.25. The van der Waals surface area contributed by atoms with Crippen LogP contribution in [0.1, 0.15) is 5.69 Å². The van der Waals surface area contributed by atoms with Crippen LogP contribution in [-0.2, 0) is 0 Å². The standard InChI is InChI=1S/C9H10N6/c10-14-9(15-11)8-5-12-6-3-1-2-4-7(6)13-8/h1-5H,10-11H2,(H,14,15). The lowest BCUT2D eigenvalue weighted by Gasteiger charge is -2.03. The zero-order valence-corrected chi connectivity index (χ0v) is 7.88. The van der Waals surface area contributed by atoms with Crippen LogP contribution in [0, 0.1) is 0 Å². The fraction of sp³-hybridized carbons (Fsp3) is 0. The van der Waals surface area contributed by atoms with Crippen LogP contribution in [0.5, 0.6) is 0 Å². The second kappa shape index (κ2) is 3.89. The Kier molecular flexibility index (Phi) is 2.42. The van der Waals surface area contributed by atoms with Gasteiger partial charge < -0.3 is 11.3 Å². The molecule has 1 aromatic carbocycles. The van der Waals surface area contributed by atoms with Gasteiger partial charge in [0.05, 0.1) is 17.2 Å². The Hall–Kier alpha value is -2.21. The van der Waals surface area contributed by atoms with Gasteiger partial charge in [-0.2, -0.15) is 5.10 Å². The van der Waals surface area contributed by atoms with E-state index in [9.17, 15) is 0 Å². The maximum absolute atomic E-state index is 5.23. The lowest BCUT2D eigenvalue weighted by molar-refractivity contribution is 0.991. The molecule has 0 bridgehead atoms. The van der Waals surface area contributed by atoms with Crippen molar-refractivity contribution in [2.75, 3.05) is 0 Å². The zero-order chi connectivity index (χ0) is 10.7. The van der Waals surface area contributed by atoms with Crippen molar-refractivity contribution in [3.8, 4) is 0 Å². The molecule has 0 saturated carbocycles. The van der Waals surface area contributed by atoms with Crippen LogP contribution < -0.4 is 17.1 Å². The van der Waals surface area contributed by atoms with Gasteiger partial charge in [0.1, 0.15) is 5.69 Å². The molecule has 1 aromatic heterocycles. The van der Waals surface area contributed by atoms with Crippen molar-refractivity contribution in [3.05, 3.63) is 36.2 Å². The van der Waals surface area contributed by atoms with Crippen molar-refractivity contribution in [1.82, 2.24) is 15.4 Å². The molecule has 0 amide bonds. The Bertz CT molecular complexity index is 507. The second-order valence-electron chi connectivity index (χ2n) is 2.87. The van der Waals surface area contributed by atoms with Crippen LogP contribution in [0.2, 0.25) is 0 Å². The summed E-state index contributed by atoms with van der Waals surface area (Å²) in [4.78, 5) is 8.50. The van der Waals surface area contributed by atoms with E-state index >= 15 is 0 Å². The first-order valence-corrected chi connectivity index (χ1v) is 4.32. The van der Waals surface area contributed by atoms with Crippen molar-refractivity contribution in [1.29, 1.82) is 0 Å². The number of amidine groups is 1. The number of nitrogens with one attached hydrogen (secondary N) is 1. The highest BCUT2D eigenvalue weighted by molar-refractivity contribution is 5.97. The molecule has 1 heterocycles. The highest BCUT2D eigenvalue weighted by atomic mass is 15.3. The Morgan fingerprint density at radius 1 is 1.27 bits per heavy atom. The number of nitrogens with zero attached hydrogens (tertiary/aromatic N) is 3. The number of hydrazine groups is 1. The second-order valence-corrected chi connectivity index (χ2v) is 2.87. The van der Waals surface area contributed by atoms with Crippen molar-refractivity contribution in [2.45, 2.75) is 0 Å². The third-order valence-corrected chi connectivity index (χ3v) is 1.96. The average Bonchev–Trinajstić information content (AvgIpc) is 2.30. The van der Waals surface area contributed by atoms with Gasteiger partial charge in [0, 0.05) is 0 Å². The van der Waals surface area contributed by atoms with Gasteiger partial charge in [-0.1, -0.05) is 12.1 Å². The summed E-state index contributed by atoms with van der Waals surface area (Å²) in [6.07, 6.45) is 1.56. The van der Waals surface area contributed by atoms with E-state index in [0.29, 0.717) is 11.5 Å². The summed E-state index contributed by atoms with van der Waals surface area (Å²) in [7, 11) is 0. The molecule has 0 aliphatic carbocycles. The van der Waals surface area contributed by atoms with Gasteiger partial charge in [-0.05, 0) is 12.1 Å². The van der Waals surface area contributed by atoms with Gasteiger partial charge in [-0.15, -0.1) is 0 Å². The van der Waals surface area contributed by atoms with Crippen LogP contribution in [0.3, 0.4) is 0 Å². The molecular weight excluding hydrogens is 192 g/mol. The maximum atomic E-state index is 5.23. The molecule has 76 valence electrons. The van der Waals surface area contributed by atoms with Gasteiger partial charge >= 0.3 is 0 Å². The number of fused-ring (bicyclic) bond motifs is 1. The maximum Gasteiger partial charge on any atom is 0.187 e. The van der Waals surface area contributed by atoms with Gasteiger partial charge in [0.15, 0.2) is 5.84 Å². The molecule has 2 aromatic rings. The van der Waals surface area contributed by atoms with Crippen LogP contribution in [0.15, 0.2) is 35.6 Å². The third kappa shape index (κ3) is 1.70. The molecule has 0 fully saturated rings. The molecule has 6 heteroatoms. The smallest absolute Gasteiger partial charge is 0.187 e. The van der Waals surface area contributed by atoms with Crippen molar-refractivity contribution < 1.29 is 0 Å². The molecule has 0 saturated heterocycles. The largest absolute Gasteiger partial charge is 0.321 e. The van der Waals surface area contributed by atoms with Crippen LogP contribution in [-0.4, -0.2) is 15.8 Å². The quantitative estimate of drug-likeness (QED) is 0.255. The average molecular weight is 202 g/mol. The normalized spacial score (nSPS) is 11.7. The molecule has 0 atom stereocenters. The van der Waals surface area contributed by atoms with E-state index in [1.165, 1.54) is 0 Å². The first-order valence-electron chi connectivity index (χ1n) is 4.32. The number of benzene rings is 1. The van der Waals surface area contributed by atoms with Crippen LogP contribution in [0.4, 0.5) is 0 Å². The first-order chi connectivity index (χ1) is 7.35. The first kappa shape index (κ1) is 9.35. The fourth-order valence-corrected chi connectivity index (χ4v) is 1.25. The molecule has 6 nitrogen and oxygen atoms in total. The zero-order valence-electron chi connectivity index (χ0n) is 7.88. The Balaban J connectivity index is 2.56. The number of hydrogen-bond donors (Lipinski definition) is 3.